The van der Waals surface area contributed by atoms with Crippen LogP contribution < -0.4 is 18.9 Å². The van der Waals surface area contributed by atoms with Crippen LogP contribution in [0.5, 0.6) is 0 Å². The summed E-state index contributed by atoms with van der Waals surface area (Å²) in [5, 5.41) is 0. The Morgan fingerprint density at radius 3 is 0.656 bits per heavy atom. The molecule has 0 heterocycles. The average molecular weight is 464 g/mol. The van der Waals surface area contributed by atoms with Crippen molar-refractivity contribution in [3.05, 3.63) is 0 Å². The third-order valence-corrected chi connectivity index (χ3v) is 10.4. The van der Waals surface area contributed by atoms with Gasteiger partial charge in [0, 0.05) is 16.8 Å². The van der Waals surface area contributed by atoms with Crippen molar-refractivity contribution in [2.24, 2.45) is 16.2 Å². The fourth-order valence-electron chi connectivity index (χ4n) is 5.59. The smallest absolute Gasteiger partial charge is 0.629 e. The van der Waals surface area contributed by atoms with E-state index in [0.29, 0.717) is 0 Å². The van der Waals surface area contributed by atoms with Crippen molar-refractivity contribution >= 4 is 15.1 Å². The minimum Gasteiger partial charge on any atom is -0.629 e. The summed E-state index contributed by atoms with van der Waals surface area (Å²) in [6.45, 7) is 34.1. The predicted octanol–water partition coefficient (Wildman–Crippen LogP) is 5.84. The van der Waals surface area contributed by atoms with Crippen LogP contribution in [0.3, 0.4) is 0 Å². The maximum atomic E-state index is 7.10. The molecule has 3 nitrogen and oxygen atoms in total. The van der Waals surface area contributed by atoms with Gasteiger partial charge in [-0.05, 0) is 54.8 Å². The average Bonchev–Trinajstić information content (AvgIpc) is 2.64. The van der Waals surface area contributed by atoms with Crippen LogP contribution in [0.25, 0.3) is 0 Å². The van der Waals surface area contributed by atoms with Gasteiger partial charge in [0.1, 0.15) is 0 Å². The van der Waals surface area contributed by atoms with Gasteiger partial charge in [-0.2, -0.15) is 0 Å². The van der Waals surface area contributed by atoms with Crippen LogP contribution >= 0.6 is 0 Å². The second-order valence-electron chi connectivity index (χ2n) is 12.5. The Hall–Kier alpha value is 1.01. The molecule has 0 aliphatic heterocycles. The summed E-state index contributed by atoms with van der Waals surface area (Å²) < 4.78 is 21.3. The molecule has 0 aliphatic carbocycles. The summed E-state index contributed by atoms with van der Waals surface area (Å²) in [5.41, 5.74) is -0.791. The predicted molar refractivity (Wildman–Crippen MR) is 137 cm³/mol. The van der Waals surface area contributed by atoms with Crippen molar-refractivity contribution in [2.45, 2.75) is 159 Å². The summed E-state index contributed by atoms with van der Waals surface area (Å²) in [7, 11) is 0. The topological polar surface area (TPSA) is 27.7 Å². The van der Waals surface area contributed by atoms with E-state index in [1.807, 2.05) is 0 Å². The van der Waals surface area contributed by atoms with Gasteiger partial charge in [-0.1, -0.05) is 104 Å². The number of rotatable bonds is 12. The molecule has 0 spiro atoms. The molecule has 0 saturated carbocycles. The standard InChI is InChI=1S/3C9H19O.Al.Li/c3*1-6-9(10,7-2)8(3,4)5;;/h3*6-7H2,1-5H3;;/q3*-1;+2;+1. The SMILES string of the molecule is CCC(CC)([O][Al-]([O]C(CC)(CC)C(C)(C)C)[O]C(CC)(CC)C(C)(C)C)C(C)(C)C.[Li+]. The molecule has 0 aromatic rings. The van der Waals surface area contributed by atoms with Gasteiger partial charge in [0.25, 0.3) is 0 Å². The molecule has 0 saturated heterocycles. The summed E-state index contributed by atoms with van der Waals surface area (Å²) >= 11 is -2.51. The minimum atomic E-state index is -2.51. The zero-order valence-electron chi connectivity index (χ0n) is 25.0. The number of hydrogen-bond donors (Lipinski definition) is 0. The molecule has 0 N–H and O–H groups in total. The molecule has 0 aromatic heterocycles. The van der Waals surface area contributed by atoms with Crippen molar-refractivity contribution in [1.29, 1.82) is 0 Å². The maximum absolute atomic E-state index is 7.10. The first-order valence-electron chi connectivity index (χ1n) is 12.9. The minimum absolute atomic E-state index is 0. The van der Waals surface area contributed by atoms with E-state index in [0.717, 1.165) is 38.5 Å². The van der Waals surface area contributed by atoms with E-state index in [1.54, 1.807) is 0 Å². The molecule has 0 aliphatic rings. The van der Waals surface area contributed by atoms with Gasteiger partial charge >= 0.3 is 34.0 Å². The molecule has 0 fully saturated rings. The second-order valence-corrected chi connectivity index (χ2v) is 13.8. The monoisotopic (exact) mass is 463 g/mol. The molecule has 0 aromatic carbocycles. The molecule has 0 atom stereocenters. The van der Waals surface area contributed by atoms with Gasteiger partial charge < -0.3 is 11.4 Å². The maximum Gasteiger partial charge on any atom is 1.00 e. The zero-order valence-corrected chi connectivity index (χ0v) is 26.2. The zero-order chi connectivity index (χ0) is 24.9. The third-order valence-electron chi connectivity index (χ3n) is 8.49. The van der Waals surface area contributed by atoms with Gasteiger partial charge in [-0.15, -0.1) is 0 Å². The fourth-order valence-corrected chi connectivity index (χ4v) is 8.90. The molecule has 0 rings (SSSR count). The van der Waals surface area contributed by atoms with Crippen molar-refractivity contribution in [1.82, 2.24) is 0 Å². The fraction of sp³-hybridized carbons (Fsp3) is 1.00. The first-order valence-corrected chi connectivity index (χ1v) is 14.3. The van der Waals surface area contributed by atoms with Crippen LogP contribution in [-0.4, -0.2) is 32.0 Å². The summed E-state index contributed by atoms with van der Waals surface area (Å²) in [6.07, 6.45) is 5.69. The summed E-state index contributed by atoms with van der Waals surface area (Å²) in [5.74, 6) is 0. The van der Waals surface area contributed by atoms with E-state index in [9.17, 15) is 0 Å². The summed E-state index contributed by atoms with van der Waals surface area (Å²) in [4.78, 5) is 0. The molecule has 1 radical (unpaired) electrons. The van der Waals surface area contributed by atoms with Crippen LogP contribution in [0.1, 0.15) is 142 Å². The summed E-state index contributed by atoms with van der Waals surface area (Å²) in [6, 6.07) is 0. The van der Waals surface area contributed by atoms with Crippen LogP contribution in [0, 0.1) is 16.2 Å². The van der Waals surface area contributed by atoms with E-state index in [2.05, 4.69) is 104 Å². The normalized spacial score (nSPS) is 14.6. The second kappa shape index (κ2) is 12.8. The third kappa shape index (κ3) is 7.50. The Morgan fingerprint density at radius 1 is 0.406 bits per heavy atom. The Labute approximate surface area is 220 Å². The first-order chi connectivity index (χ1) is 13.9. The van der Waals surface area contributed by atoms with Crippen molar-refractivity contribution in [3.63, 3.8) is 0 Å². The molecule has 5 heteroatoms. The van der Waals surface area contributed by atoms with Gasteiger partial charge in [-0.25, -0.2) is 0 Å². The van der Waals surface area contributed by atoms with Gasteiger partial charge in [0.15, 0.2) is 0 Å². The van der Waals surface area contributed by atoms with E-state index in [4.69, 9.17) is 11.4 Å². The van der Waals surface area contributed by atoms with E-state index in [1.165, 1.54) is 0 Å². The quantitative estimate of drug-likeness (QED) is 0.340. The van der Waals surface area contributed by atoms with E-state index in [-0.39, 0.29) is 51.9 Å². The van der Waals surface area contributed by atoms with Gasteiger partial charge in [-0.3, -0.25) is 0 Å². The Balaban J connectivity index is 0. The van der Waals surface area contributed by atoms with Crippen molar-refractivity contribution in [3.8, 4) is 0 Å². The van der Waals surface area contributed by atoms with Gasteiger partial charge in [0.05, 0.1) is 0 Å². The van der Waals surface area contributed by atoms with Crippen molar-refractivity contribution < 1.29 is 30.2 Å². The largest absolute Gasteiger partial charge is 1.00 e. The number of hydrogen-bond acceptors (Lipinski definition) is 3. The van der Waals surface area contributed by atoms with E-state index >= 15 is 0 Å². The Kier molecular flexibility index (Phi) is 14.1. The molecular formula is C27H57AlLiO3. The molecule has 0 amide bonds. The van der Waals surface area contributed by atoms with Crippen LogP contribution in [-0.2, 0) is 11.4 Å². The van der Waals surface area contributed by atoms with Gasteiger partial charge in [0.2, 0.25) is 0 Å². The Morgan fingerprint density at radius 2 is 0.562 bits per heavy atom. The van der Waals surface area contributed by atoms with Crippen LogP contribution in [0.4, 0.5) is 0 Å². The molecule has 32 heavy (non-hydrogen) atoms. The van der Waals surface area contributed by atoms with Crippen LogP contribution in [0.15, 0.2) is 0 Å². The molecule has 0 unspecified atom stereocenters. The molecular weight excluding hydrogens is 406 g/mol. The first kappa shape index (κ1) is 35.2. The Bertz CT molecular complexity index is 440. The van der Waals surface area contributed by atoms with Crippen molar-refractivity contribution in [2.75, 3.05) is 0 Å². The molecule has 187 valence electrons. The van der Waals surface area contributed by atoms with E-state index < -0.39 is 15.1 Å². The van der Waals surface area contributed by atoms with Crippen LogP contribution in [0.2, 0.25) is 0 Å². The molecule has 0 bridgehead atoms.